The standard InChI is InChI=1S/C11H14N2OS/c1-3-10(14)13(2)9-6-4-5-8(7-9)11(12)15/h4-7H,3H2,1-2H3,(H2,12,15). The van der Waals surface area contributed by atoms with Crippen molar-refractivity contribution in [2.24, 2.45) is 5.73 Å². The highest BCUT2D eigenvalue weighted by Gasteiger charge is 2.08. The molecule has 1 amide bonds. The molecule has 0 aromatic heterocycles. The number of carbonyl (C=O) groups is 1. The second kappa shape index (κ2) is 4.89. The first-order valence-electron chi connectivity index (χ1n) is 4.72. The van der Waals surface area contributed by atoms with Gasteiger partial charge in [0, 0.05) is 24.7 Å². The Labute approximate surface area is 94.9 Å². The zero-order chi connectivity index (χ0) is 11.4. The summed E-state index contributed by atoms with van der Waals surface area (Å²) in [6.45, 7) is 1.83. The maximum absolute atomic E-state index is 11.5. The molecule has 0 aliphatic rings. The Morgan fingerprint density at radius 2 is 2.20 bits per heavy atom. The Hall–Kier alpha value is -1.42. The highest BCUT2D eigenvalue weighted by atomic mass is 32.1. The molecule has 0 aliphatic heterocycles. The van der Waals surface area contributed by atoms with Crippen LogP contribution in [-0.4, -0.2) is 17.9 Å². The fraction of sp³-hybridized carbons (Fsp3) is 0.273. The number of thiocarbonyl (C=S) groups is 1. The van der Waals surface area contributed by atoms with Crippen molar-refractivity contribution in [3.05, 3.63) is 29.8 Å². The Kier molecular flexibility index (Phi) is 3.80. The minimum absolute atomic E-state index is 0.0649. The molecular formula is C11H14N2OS. The van der Waals surface area contributed by atoms with Gasteiger partial charge in [-0.05, 0) is 12.1 Å². The smallest absolute Gasteiger partial charge is 0.226 e. The molecule has 0 atom stereocenters. The van der Waals surface area contributed by atoms with Crippen LogP contribution in [0.15, 0.2) is 24.3 Å². The second-order valence-corrected chi connectivity index (χ2v) is 3.66. The van der Waals surface area contributed by atoms with E-state index in [0.29, 0.717) is 11.4 Å². The third-order valence-corrected chi connectivity index (χ3v) is 2.43. The number of anilines is 1. The van der Waals surface area contributed by atoms with Crippen molar-refractivity contribution < 1.29 is 4.79 Å². The van der Waals surface area contributed by atoms with Gasteiger partial charge in [0.05, 0.1) is 0 Å². The summed E-state index contributed by atoms with van der Waals surface area (Å²) in [7, 11) is 1.74. The monoisotopic (exact) mass is 222 g/mol. The lowest BCUT2D eigenvalue weighted by molar-refractivity contribution is -0.118. The quantitative estimate of drug-likeness (QED) is 0.792. The molecule has 80 valence electrons. The molecular weight excluding hydrogens is 208 g/mol. The zero-order valence-electron chi connectivity index (χ0n) is 8.86. The van der Waals surface area contributed by atoms with Crippen LogP contribution in [0, 0.1) is 0 Å². The molecule has 1 rings (SSSR count). The molecule has 2 N–H and O–H groups in total. The van der Waals surface area contributed by atoms with Gasteiger partial charge in [0.2, 0.25) is 5.91 Å². The van der Waals surface area contributed by atoms with E-state index < -0.39 is 0 Å². The van der Waals surface area contributed by atoms with E-state index in [0.717, 1.165) is 11.3 Å². The summed E-state index contributed by atoms with van der Waals surface area (Å²) in [6, 6.07) is 7.34. The zero-order valence-corrected chi connectivity index (χ0v) is 9.67. The molecule has 4 heteroatoms. The van der Waals surface area contributed by atoms with E-state index in [4.69, 9.17) is 18.0 Å². The summed E-state index contributed by atoms with van der Waals surface area (Å²) in [5, 5.41) is 0. The van der Waals surface area contributed by atoms with E-state index in [1.165, 1.54) is 0 Å². The van der Waals surface area contributed by atoms with E-state index >= 15 is 0 Å². The lowest BCUT2D eigenvalue weighted by Crippen LogP contribution is -2.25. The highest BCUT2D eigenvalue weighted by Crippen LogP contribution is 2.15. The molecule has 0 aliphatic carbocycles. The topological polar surface area (TPSA) is 46.3 Å². The summed E-state index contributed by atoms with van der Waals surface area (Å²) in [6.07, 6.45) is 0.480. The molecule has 0 saturated heterocycles. The fourth-order valence-electron chi connectivity index (χ4n) is 1.25. The first kappa shape index (κ1) is 11.7. The number of carbonyl (C=O) groups excluding carboxylic acids is 1. The van der Waals surface area contributed by atoms with Crippen molar-refractivity contribution in [2.45, 2.75) is 13.3 Å². The van der Waals surface area contributed by atoms with Crippen LogP contribution in [0.4, 0.5) is 5.69 Å². The average molecular weight is 222 g/mol. The maximum atomic E-state index is 11.5. The van der Waals surface area contributed by atoms with Gasteiger partial charge >= 0.3 is 0 Å². The highest BCUT2D eigenvalue weighted by molar-refractivity contribution is 7.80. The molecule has 0 saturated carbocycles. The summed E-state index contributed by atoms with van der Waals surface area (Å²) in [5.41, 5.74) is 7.11. The number of hydrogen-bond acceptors (Lipinski definition) is 2. The van der Waals surface area contributed by atoms with Gasteiger partial charge in [-0.25, -0.2) is 0 Å². The lowest BCUT2D eigenvalue weighted by atomic mass is 10.2. The Balaban J connectivity index is 3.00. The normalized spacial score (nSPS) is 9.73. The van der Waals surface area contributed by atoms with E-state index in [1.54, 1.807) is 11.9 Å². The second-order valence-electron chi connectivity index (χ2n) is 3.22. The van der Waals surface area contributed by atoms with Gasteiger partial charge < -0.3 is 10.6 Å². The number of nitrogens with two attached hydrogens (primary N) is 1. The van der Waals surface area contributed by atoms with Crippen molar-refractivity contribution in [3.63, 3.8) is 0 Å². The van der Waals surface area contributed by atoms with Crippen molar-refractivity contribution in [3.8, 4) is 0 Å². The maximum Gasteiger partial charge on any atom is 0.226 e. The minimum Gasteiger partial charge on any atom is -0.389 e. The third kappa shape index (κ3) is 2.76. The molecule has 0 unspecified atom stereocenters. The Bertz CT molecular complexity index is 390. The number of rotatable bonds is 3. The van der Waals surface area contributed by atoms with Crippen LogP contribution >= 0.6 is 12.2 Å². The van der Waals surface area contributed by atoms with Gasteiger partial charge in [0.1, 0.15) is 4.99 Å². The van der Waals surface area contributed by atoms with Gasteiger partial charge in [-0.3, -0.25) is 4.79 Å². The van der Waals surface area contributed by atoms with E-state index in [1.807, 2.05) is 31.2 Å². The van der Waals surface area contributed by atoms with Crippen molar-refractivity contribution in [1.82, 2.24) is 0 Å². The molecule has 15 heavy (non-hydrogen) atoms. The average Bonchev–Trinajstić information content (AvgIpc) is 2.27. The van der Waals surface area contributed by atoms with Crippen LogP contribution in [0.3, 0.4) is 0 Å². The Morgan fingerprint density at radius 3 is 2.73 bits per heavy atom. The van der Waals surface area contributed by atoms with E-state index in [9.17, 15) is 4.79 Å². The summed E-state index contributed by atoms with van der Waals surface area (Å²) >= 11 is 4.88. The largest absolute Gasteiger partial charge is 0.389 e. The first-order valence-corrected chi connectivity index (χ1v) is 5.13. The van der Waals surface area contributed by atoms with Gasteiger partial charge in [-0.1, -0.05) is 31.3 Å². The van der Waals surface area contributed by atoms with Gasteiger partial charge in [-0.15, -0.1) is 0 Å². The van der Waals surface area contributed by atoms with Crippen LogP contribution in [0.2, 0.25) is 0 Å². The van der Waals surface area contributed by atoms with Crippen LogP contribution < -0.4 is 10.6 Å². The third-order valence-electron chi connectivity index (χ3n) is 2.19. The number of hydrogen-bond donors (Lipinski definition) is 1. The molecule has 0 radical (unpaired) electrons. The molecule has 1 aromatic carbocycles. The predicted octanol–water partition coefficient (Wildman–Crippen LogP) is 1.69. The minimum atomic E-state index is 0.0649. The number of benzene rings is 1. The number of amides is 1. The Morgan fingerprint density at radius 1 is 1.53 bits per heavy atom. The molecule has 0 bridgehead atoms. The summed E-state index contributed by atoms with van der Waals surface area (Å²) in [5.74, 6) is 0.0649. The number of nitrogens with zero attached hydrogens (tertiary/aromatic N) is 1. The summed E-state index contributed by atoms with van der Waals surface area (Å²) in [4.78, 5) is 13.4. The first-order chi connectivity index (χ1) is 7.06. The van der Waals surface area contributed by atoms with Crippen LogP contribution in [-0.2, 0) is 4.79 Å². The van der Waals surface area contributed by atoms with E-state index in [-0.39, 0.29) is 5.91 Å². The van der Waals surface area contributed by atoms with Crippen molar-refractivity contribution in [2.75, 3.05) is 11.9 Å². The molecule has 3 nitrogen and oxygen atoms in total. The molecule has 1 aromatic rings. The van der Waals surface area contributed by atoms with Crippen LogP contribution in [0.1, 0.15) is 18.9 Å². The van der Waals surface area contributed by atoms with Crippen LogP contribution in [0.25, 0.3) is 0 Å². The lowest BCUT2D eigenvalue weighted by Gasteiger charge is -2.17. The van der Waals surface area contributed by atoms with E-state index in [2.05, 4.69) is 0 Å². The molecule has 0 heterocycles. The fourth-order valence-corrected chi connectivity index (χ4v) is 1.38. The van der Waals surface area contributed by atoms with Gasteiger partial charge in [0.15, 0.2) is 0 Å². The predicted molar refractivity (Wildman–Crippen MR) is 66.0 cm³/mol. The van der Waals surface area contributed by atoms with Crippen molar-refractivity contribution in [1.29, 1.82) is 0 Å². The van der Waals surface area contributed by atoms with Crippen LogP contribution in [0.5, 0.6) is 0 Å². The molecule has 0 spiro atoms. The van der Waals surface area contributed by atoms with Gasteiger partial charge in [-0.2, -0.15) is 0 Å². The summed E-state index contributed by atoms with van der Waals surface area (Å²) < 4.78 is 0. The molecule has 0 fully saturated rings. The van der Waals surface area contributed by atoms with Crippen molar-refractivity contribution >= 4 is 28.8 Å². The SMILES string of the molecule is CCC(=O)N(C)c1cccc(C(N)=S)c1. The van der Waals surface area contributed by atoms with Gasteiger partial charge in [0.25, 0.3) is 0 Å².